The number of carbonyl (C=O) groups is 2. The summed E-state index contributed by atoms with van der Waals surface area (Å²) in [5.74, 6) is -0.720. The molecule has 0 fully saturated rings. The Bertz CT molecular complexity index is 1130. The van der Waals surface area contributed by atoms with Crippen LogP contribution in [0.25, 0.3) is 10.2 Å². The number of aromatic nitrogens is 1. The first-order valence-electron chi connectivity index (χ1n) is 8.02. The number of imide groups is 1. The highest BCUT2D eigenvalue weighted by Crippen LogP contribution is 2.46. The number of benzene rings is 2. The van der Waals surface area contributed by atoms with Crippen LogP contribution in [0, 0.1) is 0 Å². The second kappa shape index (κ2) is 7.77. The van der Waals surface area contributed by atoms with Gasteiger partial charge in [-0.15, -0.1) is 11.3 Å². The van der Waals surface area contributed by atoms with E-state index in [1.54, 1.807) is 29.2 Å². The third-order valence-electron chi connectivity index (χ3n) is 4.05. The second-order valence-electron chi connectivity index (χ2n) is 6.25. The molecule has 1 aliphatic rings. The molecule has 2 amide bonds. The molecule has 4 nitrogen and oxygen atoms in total. The van der Waals surface area contributed by atoms with Crippen LogP contribution in [0.5, 0.6) is 0 Å². The SMILES string of the molecule is CC(C)Sc1nc2ccc(N3C(=O)c4c(Br)c(Br)c(Br)c(Br)c4C3=O)cc2s1. The predicted octanol–water partition coefficient (Wildman–Crippen LogP) is 7.65. The van der Waals surface area contributed by atoms with Crippen molar-refractivity contribution in [2.75, 3.05) is 4.90 Å². The van der Waals surface area contributed by atoms with Gasteiger partial charge in [-0.2, -0.15) is 0 Å². The van der Waals surface area contributed by atoms with E-state index in [-0.39, 0.29) is 11.8 Å². The van der Waals surface area contributed by atoms with Crippen LogP contribution < -0.4 is 4.90 Å². The number of hydrogen-bond acceptors (Lipinski definition) is 5. The predicted molar refractivity (Wildman–Crippen MR) is 129 cm³/mol. The van der Waals surface area contributed by atoms with E-state index in [4.69, 9.17) is 0 Å². The van der Waals surface area contributed by atoms with E-state index >= 15 is 0 Å². The number of thioether (sulfide) groups is 1. The highest BCUT2D eigenvalue weighted by Gasteiger charge is 2.42. The number of rotatable bonds is 3. The molecule has 0 spiro atoms. The van der Waals surface area contributed by atoms with Crippen molar-refractivity contribution in [3.05, 3.63) is 47.2 Å². The van der Waals surface area contributed by atoms with Crippen LogP contribution in [-0.4, -0.2) is 22.0 Å². The average molecular weight is 670 g/mol. The normalized spacial score (nSPS) is 13.9. The molecular formula is C18H10Br4N2O2S2. The maximum atomic E-state index is 13.1. The molecule has 0 aliphatic carbocycles. The largest absolute Gasteiger partial charge is 0.268 e. The summed E-state index contributed by atoms with van der Waals surface area (Å²) in [6.07, 6.45) is 0. The van der Waals surface area contributed by atoms with Crippen molar-refractivity contribution in [2.45, 2.75) is 23.4 Å². The Kier molecular flexibility index (Phi) is 5.83. The van der Waals surface area contributed by atoms with E-state index in [0.717, 1.165) is 14.6 Å². The number of hydrogen-bond donors (Lipinski definition) is 0. The quantitative estimate of drug-likeness (QED) is 0.125. The molecule has 0 saturated heterocycles. The molecular weight excluding hydrogens is 660 g/mol. The zero-order valence-corrected chi connectivity index (χ0v) is 22.3. The van der Waals surface area contributed by atoms with Crippen molar-refractivity contribution in [1.82, 2.24) is 4.98 Å². The maximum Gasteiger partial charge on any atom is 0.267 e. The number of carbonyl (C=O) groups excluding carboxylic acids is 2. The number of halogens is 4. The van der Waals surface area contributed by atoms with Crippen LogP contribution in [-0.2, 0) is 0 Å². The van der Waals surface area contributed by atoms with Crippen LogP contribution in [0.15, 0.2) is 40.4 Å². The lowest BCUT2D eigenvalue weighted by molar-refractivity contribution is 0.0926. The Morgan fingerprint density at radius 1 is 0.964 bits per heavy atom. The highest BCUT2D eigenvalue weighted by atomic mass is 79.9. The van der Waals surface area contributed by atoms with E-state index in [1.165, 1.54) is 4.90 Å². The van der Waals surface area contributed by atoms with Gasteiger partial charge in [0.15, 0.2) is 4.34 Å². The third-order valence-corrected chi connectivity index (χ3v) is 10.9. The first-order valence-corrected chi connectivity index (χ1v) is 12.9. The molecule has 4 rings (SSSR count). The number of nitrogens with zero attached hydrogens (tertiary/aromatic N) is 2. The minimum Gasteiger partial charge on any atom is -0.268 e. The fourth-order valence-electron chi connectivity index (χ4n) is 2.87. The highest BCUT2D eigenvalue weighted by molar-refractivity contribution is 9.15. The molecule has 2 aromatic carbocycles. The van der Waals surface area contributed by atoms with Gasteiger partial charge in [-0.3, -0.25) is 9.59 Å². The second-order valence-corrected chi connectivity index (χ2v) is 12.3. The van der Waals surface area contributed by atoms with E-state index in [9.17, 15) is 9.59 Å². The van der Waals surface area contributed by atoms with Gasteiger partial charge in [0.1, 0.15) is 0 Å². The smallest absolute Gasteiger partial charge is 0.267 e. The van der Waals surface area contributed by atoms with Crippen molar-refractivity contribution < 1.29 is 9.59 Å². The minimum absolute atomic E-state index is 0.340. The standard InChI is InChI=1S/C18H10Br4N2O2S2/c1-6(2)27-18-23-8-4-3-7(5-9(8)28-18)24-16(25)10-11(17(24)26)13(20)15(22)14(21)12(10)19/h3-6H,1-2H3. The summed E-state index contributed by atoms with van der Waals surface area (Å²) in [6.45, 7) is 4.24. The fraction of sp³-hybridized carbons (Fsp3) is 0.167. The monoisotopic (exact) mass is 666 g/mol. The molecule has 0 bridgehead atoms. The Balaban J connectivity index is 1.82. The number of anilines is 1. The molecule has 2 heterocycles. The van der Waals surface area contributed by atoms with Gasteiger partial charge in [-0.05, 0) is 81.9 Å². The number of fused-ring (bicyclic) bond motifs is 2. The summed E-state index contributed by atoms with van der Waals surface area (Å²) in [6, 6.07) is 5.47. The Hall–Kier alpha value is -0.260. The summed E-state index contributed by atoms with van der Waals surface area (Å²) in [5, 5.41) is 0.433. The number of thiazole rings is 1. The zero-order chi connectivity index (χ0) is 20.3. The first kappa shape index (κ1) is 21.0. The molecule has 0 atom stereocenters. The molecule has 28 heavy (non-hydrogen) atoms. The zero-order valence-electron chi connectivity index (χ0n) is 14.3. The van der Waals surface area contributed by atoms with Crippen molar-refractivity contribution in [3.8, 4) is 0 Å². The topological polar surface area (TPSA) is 50.3 Å². The lowest BCUT2D eigenvalue weighted by Gasteiger charge is -2.13. The van der Waals surface area contributed by atoms with Gasteiger partial charge >= 0.3 is 0 Å². The van der Waals surface area contributed by atoms with Crippen LogP contribution in [0.2, 0.25) is 0 Å². The van der Waals surface area contributed by atoms with Crippen LogP contribution in [0.1, 0.15) is 34.6 Å². The molecule has 0 unspecified atom stereocenters. The van der Waals surface area contributed by atoms with E-state index < -0.39 is 0 Å². The van der Waals surface area contributed by atoms with Gasteiger partial charge < -0.3 is 0 Å². The average Bonchev–Trinajstić information content (AvgIpc) is 3.14. The maximum absolute atomic E-state index is 13.1. The molecule has 144 valence electrons. The lowest BCUT2D eigenvalue weighted by atomic mass is 10.1. The molecule has 3 aromatic rings. The lowest BCUT2D eigenvalue weighted by Crippen LogP contribution is -2.29. The van der Waals surface area contributed by atoms with E-state index in [2.05, 4.69) is 82.6 Å². The van der Waals surface area contributed by atoms with E-state index in [0.29, 0.717) is 40.0 Å². The Morgan fingerprint density at radius 2 is 1.54 bits per heavy atom. The number of amides is 2. The fourth-order valence-corrected chi connectivity index (χ4v) is 7.65. The Labute approximate surface area is 203 Å². The Morgan fingerprint density at radius 3 is 2.07 bits per heavy atom. The molecule has 0 N–H and O–H groups in total. The van der Waals surface area contributed by atoms with Gasteiger partial charge in [0.05, 0.1) is 27.0 Å². The van der Waals surface area contributed by atoms with Crippen LogP contribution in [0.4, 0.5) is 5.69 Å². The van der Waals surface area contributed by atoms with Crippen molar-refractivity contribution >= 4 is 115 Å². The summed E-state index contributed by atoms with van der Waals surface area (Å²) < 4.78 is 4.37. The van der Waals surface area contributed by atoms with Gasteiger partial charge in [0.25, 0.3) is 11.8 Å². The van der Waals surface area contributed by atoms with Crippen LogP contribution in [0.3, 0.4) is 0 Å². The summed E-state index contributed by atoms with van der Waals surface area (Å²) >= 11 is 17.0. The summed E-state index contributed by atoms with van der Waals surface area (Å²) in [7, 11) is 0. The van der Waals surface area contributed by atoms with Gasteiger partial charge in [0, 0.05) is 23.1 Å². The molecule has 0 saturated carbocycles. The van der Waals surface area contributed by atoms with Crippen molar-refractivity contribution in [1.29, 1.82) is 0 Å². The van der Waals surface area contributed by atoms with Crippen molar-refractivity contribution in [2.24, 2.45) is 0 Å². The third kappa shape index (κ3) is 3.33. The molecule has 1 aromatic heterocycles. The summed E-state index contributed by atoms with van der Waals surface area (Å²) in [4.78, 5) is 32.1. The van der Waals surface area contributed by atoms with Crippen molar-refractivity contribution in [3.63, 3.8) is 0 Å². The first-order chi connectivity index (χ1) is 13.2. The molecule has 1 aliphatic heterocycles. The van der Waals surface area contributed by atoms with E-state index in [1.807, 2.05) is 12.1 Å². The van der Waals surface area contributed by atoms with Crippen LogP contribution >= 0.6 is 86.8 Å². The molecule has 0 radical (unpaired) electrons. The van der Waals surface area contributed by atoms with Gasteiger partial charge in [-0.25, -0.2) is 9.88 Å². The van der Waals surface area contributed by atoms with Gasteiger partial charge in [0.2, 0.25) is 0 Å². The van der Waals surface area contributed by atoms with Gasteiger partial charge in [-0.1, -0.05) is 25.6 Å². The minimum atomic E-state index is -0.360. The summed E-state index contributed by atoms with van der Waals surface area (Å²) in [5.41, 5.74) is 2.08. The molecule has 10 heteroatoms.